The second-order valence-electron chi connectivity index (χ2n) is 7.71. The number of halogens is 1. The summed E-state index contributed by atoms with van der Waals surface area (Å²) in [6, 6.07) is 12.3. The largest absolute Gasteiger partial charge is 0.353 e. The van der Waals surface area contributed by atoms with Crippen molar-refractivity contribution in [1.29, 1.82) is 0 Å². The molecule has 2 unspecified atom stereocenters. The summed E-state index contributed by atoms with van der Waals surface area (Å²) in [5.74, 6) is -0.712. The summed E-state index contributed by atoms with van der Waals surface area (Å²) in [7, 11) is -0.331. The SMILES string of the molecule is CCc1ccc(C(CNC(=O)C(CCSC)NS(=O)(=O)c2ccccc2F)N(C)C)cc1. The van der Waals surface area contributed by atoms with Crippen molar-refractivity contribution in [2.45, 2.75) is 36.7 Å². The summed E-state index contributed by atoms with van der Waals surface area (Å²) in [6.45, 7) is 2.41. The first-order chi connectivity index (χ1) is 15.2. The monoisotopic (exact) mass is 481 g/mol. The van der Waals surface area contributed by atoms with Gasteiger partial charge < -0.3 is 10.2 Å². The first kappa shape index (κ1) is 26.3. The Hall–Kier alpha value is -1.94. The fraction of sp³-hybridized carbons (Fsp3) is 0.435. The summed E-state index contributed by atoms with van der Waals surface area (Å²) < 4.78 is 41.9. The van der Waals surface area contributed by atoms with Gasteiger partial charge in [-0.25, -0.2) is 12.8 Å². The number of sulfonamides is 1. The zero-order valence-corrected chi connectivity index (χ0v) is 20.6. The van der Waals surface area contributed by atoms with Gasteiger partial charge >= 0.3 is 0 Å². The fourth-order valence-electron chi connectivity index (χ4n) is 3.29. The van der Waals surface area contributed by atoms with Crippen LogP contribution in [0.3, 0.4) is 0 Å². The van der Waals surface area contributed by atoms with Crippen molar-refractivity contribution in [3.63, 3.8) is 0 Å². The molecule has 176 valence electrons. The molecule has 0 radical (unpaired) electrons. The molecule has 0 heterocycles. The first-order valence-corrected chi connectivity index (χ1v) is 13.4. The number of rotatable bonds is 12. The maximum absolute atomic E-state index is 14.0. The van der Waals surface area contributed by atoms with Crippen LogP contribution in [0.5, 0.6) is 0 Å². The summed E-state index contributed by atoms with van der Waals surface area (Å²) in [5, 5.41) is 2.88. The second-order valence-corrected chi connectivity index (χ2v) is 10.4. The summed E-state index contributed by atoms with van der Waals surface area (Å²) >= 11 is 1.50. The third-order valence-corrected chi connectivity index (χ3v) is 7.37. The number of nitrogens with zero attached hydrogens (tertiary/aromatic N) is 1. The molecule has 6 nitrogen and oxygen atoms in total. The average molecular weight is 482 g/mol. The highest BCUT2D eigenvalue weighted by Crippen LogP contribution is 2.19. The minimum atomic E-state index is -4.19. The minimum Gasteiger partial charge on any atom is -0.353 e. The normalized spacial score (nSPS) is 13.7. The number of benzene rings is 2. The molecule has 2 aromatic carbocycles. The number of carbonyl (C=O) groups is 1. The predicted octanol–water partition coefficient (Wildman–Crippen LogP) is 3.21. The van der Waals surface area contributed by atoms with Crippen LogP contribution in [0, 0.1) is 5.82 Å². The molecule has 0 aliphatic rings. The Bertz CT molecular complexity index is 982. The van der Waals surface area contributed by atoms with Gasteiger partial charge in [0.2, 0.25) is 15.9 Å². The smallest absolute Gasteiger partial charge is 0.244 e. The van der Waals surface area contributed by atoms with Gasteiger partial charge in [-0.3, -0.25) is 4.79 Å². The van der Waals surface area contributed by atoms with Crippen LogP contribution in [0.4, 0.5) is 4.39 Å². The lowest BCUT2D eigenvalue weighted by atomic mass is 10.0. The number of carbonyl (C=O) groups excluding carboxylic acids is 1. The van der Waals surface area contributed by atoms with E-state index in [4.69, 9.17) is 0 Å². The molecule has 0 aromatic heterocycles. The van der Waals surface area contributed by atoms with Crippen molar-refractivity contribution in [3.8, 4) is 0 Å². The van der Waals surface area contributed by atoms with Gasteiger partial charge in [0.1, 0.15) is 16.8 Å². The molecule has 0 spiro atoms. The zero-order chi connectivity index (χ0) is 23.7. The van der Waals surface area contributed by atoms with Crippen LogP contribution in [-0.2, 0) is 21.2 Å². The average Bonchev–Trinajstić information content (AvgIpc) is 2.77. The maximum atomic E-state index is 14.0. The Morgan fingerprint density at radius 3 is 2.34 bits per heavy atom. The van der Waals surface area contributed by atoms with Gasteiger partial charge in [0.15, 0.2) is 0 Å². The molecule has 0 saturated heterocycles. The van der Waals surface area contributed by atoms with Gasteiger partial charge in [-0.2, -0.15) is 16.5 Å². The highest BCUT2D eigenvalue weighted by Gasteiger charge is 2.28. The lowest BCUT2D eigenvalue weighted by molar-refractivity contribution is -0.123. The Balaban J connectivity index is 2.14. The molecule has 0 bridgehead atoms. The highest BCUT2D eigenvalue weighted by atomic mass is 32.2. The maximum Gasteiger partial charge on any atom is 0.244 e. The van der Waals surface area contributed by atoms with E-state index < -0.39 is 32.7 Å². The van der Waals surface area contributed by atoms with Crippen LogP contribution in [0.1, 0.15) is 30.5 Å². The molecule has 2 atom stereocenters. The number of nitrogens with one attached hydrogen (secondary N) is 2. The van der Waals surface area contributed by atoms with Gasteiger partial charge in [0.25, 0.3) is 0 Å². The van der Waals surface area contributed by atoms with E-state index in [-0.39, 0.29) is 6.04 Å². The topological polar surface area (TPSA) is 78.5 Å². The van der Waals surface area contributed by atoms with E-state index in [1.807, 2.05) is 37.4 Å². The van der Waals surface area contributed by atoms with E-state index in [1.54, 1.807) is 0 Å². The van der Waals surface area contributed by atoms with Crippen LogP contribution < -0.4 is 10.0 Å². The Morgan fingerprint density at radius 1 is 1.12 bits per heavy atom. The van der Waals surface area contributed by atoms with E-state index in [9.17, 15) is 17.6 Å². The molecule has 2 N–H and O–H groups in total. The van der Waals surface area contributed by atoms with Crippen molar-refractivity contribution < 1.29 is 17.6 Å². The molecule has 32 heavy (non-hydrogen) atoms. The molecular formula is C23H32FN3O3S2. The molecule has 2 aromatic rings. The predicted molar refractivity (Wildman–Crippen MR) is 129 cm³/mol. The number of hydrogen-bond acceptors (Lipinski definition) is 5. The Kier molecular flexibility index (Phi) is 10.1. The standard InChI is InChI=1S/C23H32FN3O3S2/c1-5-17-10-12-18(13-11-17)21(27(2)3)16-25-23(28)20(14-15-31-4)26-32(29,30)22-9-7-6-8-19(22)24/h6-13,20-21,26H,5,14-16H2,1-4H3,(H,25,28). The summed E-state index contributed by atoms with van der Waals surface area (Å²) in [4.78, 5) is 14.5. The molecule has 9 heteroatoms. The molecule has 2 rings (SSSR count). The van der Waals surface area contributed by atoms with Crippen LogP contribution >= 0.6 is 11.8 Å². The van der Waals surface area contributed by atoms with Gasteiger partial charge in [-0.05, 0) is 62.2 Å². The lowest BCUT2D eigenvalue weighted by Gasteiger charge is -2.26. The molecule has 1 amide bonds. The van der Waals surface area contributed by atoms with Crippen molar-refractivity contribution in [1.82, 2.24) is 14.9 Å². The van der Waals surface area contributed by atoms with Crippen molar-refractivity contribution in [2.24, 2.45) is 0 Å². The number of aryl methyl sites for hydroxylation is 1. The lowest BCUT2D eigenvalue weighted by Crippen LogP contribution is -2.48. The van der Waals surface area contributed by atoms with Crippen molar-refractivity contribution in [3.05, 3.63) is 65.5 Å². The summed E-state index contributed by atoms with van der Waals surface area (Å²) in [5.41, 5.74) is 2.29. The molecule has 0 aliphatic heterocycles. The van der Waals surface area contributed by atoms with Crippen LogP contribution in [-0.4, -0.2) is 57.9 Å². The van der Waals surface area contributed by atoms with Crippen molar-refractivity contribution in [2.75, 3.05) is 32.6 Å². The minimum absolute atomic E-state index is 0.0748. The highest BCUT2D eigenvalue weighted by molar-refractivity contribution is 7.98. The third kappa shape index (κ3) is 7.30. The summed E-state index contributed by atoms with van der Waals surface area (Å²) in [6.07, 6.45) is 3.11. The van der Waals surface area contributed by atoms with E-state index >= 15 is 0 Å². The molecular weight excluding hydrogens is 449 g/mol. The van der Waals surface area contributed by atoms with Crippen LogP contribution in [0.2, 0.25) is 0 Å². The van der Waals surface area contributed by atoms with E-state index in [0.717, 1.165) is 18.1 Å². The van der Waals surface area contributed by atoms with Crippen LogP contribution in [0.25, 0.3) is 0 Å². The van der Waals surface area contributed by atoms with Gasteiger partial charge in [0, 0.05) is 6.54 Å². The van der Waals surface area contributed by atoms with E-state index in [1.165, 1.54) is 35.5 Å². The van der Waals surface area contributed by atoms with E-state index in [0.29, 0.717) is 18.7 Å². The third-order valence-electron chi connectivity index (χ3n) is 5.22. The van der Waals surface area contributed by atoms with Gasteiger partial charge in [-0.15, -0.1) is 0 Å². The van der Waals surface area contributed by atoms with Gasteiger partial charge in [-0.1, -0.05) is 43.3 Å². The molecule has 0 aliphatic carbocycles. The second kappa shape index (κ2) is 12.3. The Morgan fingerprint density at radius 2 is 1.78 bits per heavy atom. The number of hydrogen-bond donors (Lipinski definition) is 2. The Labute approximate surface area is 195 Å². The number of likely N-dealkylation sites (N-methyl/N-ethyl adjacent to an activating group) is 1. The van der Waals surface area contributed by atoms with Gasteiger partial charge in [0.05, 0.1) is 6.04 Å². The van der Waals surface area contributed by atoms with Crippen LogP contribution in [0.15, 0.2) is 53.4 Å². The van der Waals surface area contributed by atoms with E-state index in [2.05, 4.69) is 29.1 Å². The quantitative estimate of drug-likeness (QED) is 0.487. The van der Waals surface area contributed by atoms with Crippen molar-refractivity contribution >= 4 is 27.7 Å². The molecule has 0 fully saturated rings. The zero-order valence-electron chi connectivity index (χ0n) is 19.0. The molecule has 0 saturated carbocycles. The first-order valence-electron chi connectivity index (χ1n) is 10.5. The number of amides is 1. The fourth-order valence-corrected chi connectivity index (χ4v) is 5.07. The number of thioether (sulfide) groups is 1.